The smallest absolute Gasteiger partial charge is 0.321 e. The van der Waals surface area contributed by atoms with Crippen LogP contribution in [0.1, 0.15) is 11.1 Å². The van der Waals surface area contributed by atoms with Crippen LogP contribution in [-0.4, -0.2) is 31.3 Å². The summed E-state index contributed by atoms with van der Waals surface area (Å²) in [5.41, 5.74) is 1.89. The first-order valence-electron chi connectivity index (χ1n) is 5.36. The van der Waals surface area contributed by atoms with Gasteiger partial charge in [0, 0.05) is 24.1 Å². The zero-order valence-electron chi connectivity index (χ0n) is 9.82. The third-order valence-corrected chi connectivity index (χ3v) is 3.02. The van der Waals surface area contributed by atoms with E-state index in [1.807, 2.05) is 12.1 Å². The molecular formula is C12H15NO4. The molecule has 1 aromatic rings. The normalized spacial score (nSPS) is 18.4. The van der Waals surface area contributed by atoms with E-state index < -0.39 is 12.0 Å². The molecule has 0 bridgehead atoms. The molecule has 1 unspecified atom stereocenters. The highest BCUT2D eigenvalue weighted by Crippen LogP contribution is 2.33. The van der Waals surface area contributed by atoms with Crippen LogP contribution in [0.2, 0.25) is 0 Å². The third-order valence-electron chi connectivity index (χ3n) is 3.02. The Labute approximate surface area is 99.3 Å². The molecule has 0 saturated carbocycles. The summed E-state index contributed by atoms with van der Waals surface area (Å²) >= 11 is 0. The first-order chi connectivity index (χ1) is 8.17. The Kier molecular flexibility index (Phi) is 3.19. The Morgan fingerprint density at radius 2 is 1.88 bits per heavy atom. The van der Waals surface area contributed by atoms with Crippen molar-refractivity contribution in [3.63, 3.8) is 0 Å². The highest BCUT2D eigenvalue weighted by Gasteiger charge is 2.27. The van der Waals surface area contributed by atoms with E-state index in [1.54, 1.807) is 14.2 Å². The van der Waals surface area contributed by atoms with Crippen molar-refractivity contribution in [3.05, 3.63) is 23.3 Å². The number of benzene rings is 1. The van der Waals surface area contributed by atoms with Crippen molar-refractivity contribution in [3.8, 4) is 11.5 Å². The molecule has 2 N–H and O–H groups in total. The minimum Gasteiger partial charge on any atom is -0.496 e. The number of carboxylic acids is 1. The van der Waals surface area contributed by atoms with Gasteiger partial charge in [0.2, 0.25) is 0 Å². The molecule has 1 aromatic carbocycles. The van der Waals surface area contributed by atoms with Gasteiger partial charge in [0.15, 0.2) is 0 Å². The van der Waals surface area contributed by atoms with Crippen molar-refractivity contribution < 1.29 is 19.4 Å². The number of carboxylic acid groups (broad SMARTS) is 1. The fraction of sp³-hybridized carbons (Fsp3) is 0.417. The summed E-state index contributed by atoms with van der Waals surface area (Å²) in [6.45, 7) is 0.479. The van der Waals surface area contributed by atoms with Crippen LogP contribution in [0.15, 0.2) is 12.1 Å². The van der Waals surface area contributed by atoms with E-state index in [9.17, 15) is 4.79 Å². The molecule has 5 nitrogen and oxygen atoms in total. The van der Waals surface area contributed by atoms with Gasteiger partial charge in [0.25, 0.3) is 0 Å². The molecule has 0 aliphatic carbocycles. The summed E-state index contributed by atoms with van der Waals surface area (Å²) in [6.07, 6.45) is 0.408. The molecule has 0 saturated heterocycles. The second kappa shape index (κ2) is 4.63. The predicted octanol–water partition coefficient (Wildman–Crippen LogP) is 0.803. The van der Waals surface area contributed by atoms with E-state index in [-0.39, 0.29) is 0 Å². The van der Waals surface area contributed by atoms with Crippen LogP contribution < -0.4 is 14.8 Å². The van der Waals surface area contributed by atoms with Gasteiger partial charge < -0.3 is 14.6 Å². The van der Waals surface area contributed by atoms with Crippen LogP contribution in [0.25, 0.3) is 0 Å². The Bertz CT molecular complexity index is 444. The van der Waals surface area contributed by atoms with Gasteiger partial charge >= 0.3 is 5.97 Å². The molecule has 0 spiro atoms. The summed E-state index contributed by atoms with van der Waals surface area (Å²) in [7, 11) is 3.19. The lowest BCUT2D eigenvalue weighted by atomic mass is 9.94. The Morgan fingerprint density at radius 1 is 1.29 bits per heavy atom. The van der Waals surface area contributed by atoms with Crippen LogP contribution in [0.4, 0.5) is 0 Å². The monoisotopic (exact) mass is 237 g/mol. The maximum atomic E-state index is 11.0. The molecule has 5 heteroatoms. The van der Waals surface area contributed by atoms with Crippen molar-refractivity contribution in [2.45, 2.75) is 19.0 Å². The van der Waals surface area contributed by atoms with Crippen molar-refractivity contribution in [1.82, 2.24) is 5.32 Å². The van der Waals surface area contributed by atoms with Crippen molar-refractivity contribution >= 4 is 5.97 Å². The Balaban J connectivity index is 2.43. The maximum Gasteiger partial charge on any atom is 0.321 e. The minimum atomic E-state index is -0.847. The second-order valence-electron chi connectivity index (χ2n) is 3.90. The lowest BCUT2D eigenvalue weighted by Crippen LogP contribution is -2.41. The molecular weight excluding hydrogens is 222 g/mol. The number of hydrogen-bond acceptors (Lipinski definition) is 4. The predicted molar refractivity (Wildman–Crippen MR) is 61.5 cm³/mol. The van der Waals surface area contributed by atoms with Crippen LogP contribution in [0, 0.1) is 0 Å². The molecule has 1 aliphatic heterocycles. The van der Waals surface area contributed by atoms with Crippen LogP contribution in [0.5, 0.6) is 11.5 Å². The average molecular weight is 237 g/mol. The van der Waals surface area contributed by atoms with Gasteiger partial charge in [-0.2, -0.15) is 0 Å². The van der Waals surface area contributed by atoms with Gasteiger partial charge in [0.05, 0.1) is 14.2 Å². The topological polar surface area (TPSA) is 67.8 Å². The van der Waals surface area contributed by atoms with Crippen LogP contribution in [0.3, 0.4) is 0 Å². The van der Waals surface area contributed by atoms with E-state index in [0.29, 0.717) is 18.7 Å². The number of nitrogens with one attached hydrogen (secondary N) is 1. The number of aliphatic carboxylic acids is 1. The quantitative estimate of drug-likeness (QED) is 0.814. The fourth-order valence-electron chi connectivity index (χ4n) is 2.13. The van der Waals surface area contributed by atoms with Crippen molar-refractivity contribution in [2.75, 3.05) is 14.2 Å². The van der Waals surface area contributed by atoms with Gasteiger partial charge in [-0.05, 0) is 12.1 Å². The van der Waals surface area contributed by atoms with E-state index in [4.69, 9.17) is 14.6 Å². The molecule has 0 aromatic heterocycles. The number of rotatable bonds is 3. The average Bonchev–Trinajstić information content (AvgIpc) is 2.36. The zero-order chi connectivity index (χ0) is 12.4. The molecule has 0 amide bonds. The Hall–Kier alpha value is -1.75. The molecule has 1 atom stereocenters. The van der Waals surface area contributed by atoms with Crippen molar-refractivity contribution in [1.29, 1.82) is 0 Å². The standard InChI is InChI=1S/C12H15NO4/c1-16-10-3-4-11(17-2)8-6-13-9(12(14)15)5-7(8)10/h3-4,9,13H,5-6H2,1-2H3,(H,14,15). The maximum absolute atomic E-state index is 11.0. The lowest BCUT2D eigenvalue weighted by Gasteiger charge is -2.26. The summed E-state index contributed by atoms with van der Waals surface area (Å²) in [6, 6.07) is 3.08. The van der Waals surface area contributed by atoms with Crippen molar-refractivity contribution in [2.24, 2.45) is 0 Å². The first-order valence-corrected chi connectivity index (χ1v) is 5.36. The third kappa shape index (κ3) is 2.06. The lowest BCUT2D eigenvalue weighted by molar-refractivity contribution is -0.139. The Morgan fingerprint density at radius 3 is 2.41 bits per heavy atom. The van der Waals surface area contributed by atoms with E-state index >= 15 is 0 Å². The number of ether oxygens (including phenoxy) is 2. The SMILES string of the molecule is COc1ccc(OC)c2c1CNC(C(=O)O)C2. The van der Waals surface area contributed by atoms with Gasteiger partial charge in [0.1, 0.15) is 17.5 Å². The highest BCUT2D eigenvalue weighted by molar-refractivity contribution is 5.75. The summed E-state index contributed by atoms with van der Waals surface area (Å²) in [4.78, 5) is 11.0. The highest BCUT2D eigenvalue weighted by atomic mass is 16.5. The van der Waals surface area contributed by atoms with E-state index in [1.165, 1.54) is 0 Å². The number of fused-ring (bicyclic) bond motifs is 1. The summed E-state index contributed by atoms with van der Waals surface area (Å²) < 4.78 is 10.5. The summed E-state index contributed by atoms with van der Waals surface area (Å²) in [5.74, 6) is 0.631. The molecule has 2 rings (SSSR count). The number of carbonyl (C=O) groups is 1. The number of hydrogen-bond donors (Lipinski definition) is 2. The van der Waals surface area contributed by atoms with Gasteiger partial charge in [-0.15, -0.1) is 0 Å². The fourth-order valence-corrected chi connectivity index (χ4v) is 2.13. The summed E-state index contributed by atoms with van der Waals surface area (Å²) in [5, 5.41) is 12.0. The molecule has 0 radical (unpaired) electrons. The molecule has 1 heterocycles. The molecule has 92 valence electrons. The van der Waals surface area contributed by atoms with Gasteiger partial charge in [-0.25, -0.2) is 0 Å². The van der Waals surface area contributed by atoms with Gasteiger partial charge in [-0.3, -0.25) is 10.1 Å². The van der Waals surface area contributed by atoms with E-state index in [2.05, 4.69) is 5.32 Å². The minimum absolute atomic E-state index is 0.408. The second-order valence-corrected chi connectivity index (χ2v) is 3.90. The molecule has 1 aliphatic rings. The molecule has 0 fully saturated rings. The first kappa shape index (κ1) is 11.7. The van der Waals surface area contributed by atoms with Crippen LogP contribution >= 0.6 is 0 Å². The molecule has 17 heavy (non-hydrogen) atoms. The number of methoxy groups -OCH3 is 2. The zero-order valence-corrected chi connectivity index (χ0v) is 9.82. The van der Waals surface area contributed by atoms with Gasteiger partial charge in [-0.1, -0.05) is 0 Å². The van der Waals surface area contributed by atoms with E-state index in [0.717, 1.165) is 16.9 Å². The van der Waals surface area contributed by atoms with Crippen LogP contribution in [-0.2, 0) is 17.8 Å². The largest absolute Gasteiger partial charge is 0.496 e.